The smallest absolute Gasteiger partial charge is 0.330 e. The Bertz CT molecular complexity index is 1140. The number of nitrogens with one attached hydrogen (secondary N) is 1. The maximum atomic E-state index is 13.2. The van der Waals surface area contributed by atoms with Crippen LogP contribution in [0.5, 0.6) is 0 Å². The lowest BCUT2D eigenvalue weighted by molar-refractivity contribution is -0.143. The van der Waals surface area contributed by atoms with Crippen molar-refractivity contribution < 1.29 is 26.3 Å². The fourth-order valence-electron chi connectivity index (χ4n) is 4.58. The van der Waals surface area contributed by atoms with E-state index < -0.39 is 23.5 Å². The Hall–Kier alpha value is -2.65. The van der Waals surface area contributed by atoms with Gasteiger partial charge in [-0.2, -0.15) is 26.3 Å². The van der Waals surface area contributed by atoms with Crippen molar-refractivity contribution in [3.05, 3.63) is 76.5 Å². The third kappa shape index (κ3) is 6.13. The van der Waals surface area contributed by atoms with E-state index in [4.69, 9.17) is 10.7 Å². The Balaban J connectivity index is 1.59. The Morgan fingerprint density at radius 3 is 2.14 bits per heavy atom. The fraction of sp³-hybridized carbons (Fsp3) is 0.423. The summed E-state index contributed by atoms with van der Waals surface area (Å²) in [5, 5.41) is 3.93. The molecule has 0 amide bonds. The SMILES string of the molecule is NCC(CC1CCC1)c1nc2ccccc2cc1CNCc1cc(C(F)(F)F)cc(C(F)(F)F)c1. The van der Waals surface area contributed by atoms with Crippen LogP contribution in [-0.2, 0) is 25.4 Å². The second kappa shape index (κ2) is 10.1. The summed E-state index contributed by atoms with van der Waals surface area (Å²) in [7, 11) is 0. The summed E-state index contributed by atoms with van der Waals surface area (Å²) in [5.41, 5.74) is 5.89. The van der Waals surface area contributed by atoms with E-state index in [2.05, 4.69) is 5.32 Å². The minimum Gasteiger partial charge on any atom is -0.330 e. The number of fused-ring (bicyclic) bond motifs is 1. The van der Waals surface area contributed by atoms with E-state index in [1.165, 1.54) is 6.42 Å². The zero-order valence-corrected chi connectivity index (χ0v) is 19.0. The molecular weight excluding hydrogens is 468 g/mol. The van der Waals surface area contributed by atoms with Crippen molar-refractivity contribution >= 4 is 10.9 Å². The van der Waals surface area contributed by atoms with E-state index in [-0.39, 0.29) is 30.6 Å². The van der Waals surface area contributed by atoms with Crippen LogP contribution in [0.1, 0.15) is 59.5 Å². The quantitative estimate of drug-likeness (QED) is 0.338. The summed E-state index contributed by atoms with van der Waals surface area (Å²) in [6, 6.07) is 11.2. The number of nitrogens with two attached hydrogens (primary N) is 1. The molecule has 1 saturated carbocycles. The number of hydrogen-bond donors (Lipinski definition) is 2. The molecule has 1 atom stereocenters. The standard InChI is InChI=1S/C26H27F6N3/c27-25(28,29)21-9-17(10-22(12-21)26(30,31)32)14-34-15-20-11-18-6-1-2-7-23(18)35-24(20)19(13-33)8-16-4-3-5-16/h1-2,6-7,9-12,16,19,34H,3-5,8,13-15,33H2. The highest BCUT2D eigenvalue weighted by molar-refractivity contribution is 5.79. The van der Waals surface area contributed by atoms with E-state index in [9.17, 15) is 26.3 Å². The fourth-order valence-corrected chi connectivity index (χ4v) is 4.58. The first kappa shape index (κ1) is 25.4. The Morgan fingerprint density at radius 2 is 1.57 bits per heavy atom. The predicted molar refractivity (Wildman–Crippen MR) is 122 cm³/mol. The molecule has 1 aromatic heterocycles. The molecule has 1 unspecified atom stereocenters. The lowest BCUT2D eigenvalue weighted by Gasteiger charge is -2.30. The number of aromatic nitrogens is 1. The number of hydrogen-bond acceptors (Lipinski definition) is 3. The number of para-hydroxylation sites is 1. The number of rotatable bonds is 8. The molecule has 1 heterocycles. The van der Waals surface area contributed by atoms with Gasteiger partial charge in [0.25, 0.3) is 0 Å². The molecule has 1 aliphatic rings. The summed E-state index contributed by atoms with van der Waals surface area (Å²) < 4.78 is 79.1. The van der Waals surface area contributed by atoms with Gasteiger partial charge < -0.3 is 11.1 Å². The minimum absolute atomic E-state index is 0.0343. The maximum absolute atomic E-state index is 13.2. The molecule has 0 spiro atoms. The second-order valence-electron chi connectivity index (χ2n) is 9.21. The van der Waals surface area contributed by atoms with E-state index in [1.807, 2.05) is 30.3 Å². The van der Waals surface area contributed by atoms with E-state index >= 15 is 0 Å². The molecule has 0 saturated heterocycles. The van der Waals surface area contributed by atoms with Crippen molar-refractivity contribution in [1.82, 2.24) is 10.3 Å². The first-order valence-corrected chi connectivity index (χ1v) is 11.6. The Morgan fingerprint density at radius 1 is 0.914 bits per heavy atom. The van der Waals surface area contributed by atoms with Crippen molar-refractivity contribution in [2.45, 2.75) is 57.0 Å². The third-order valence-electron chi connectivity index (χ3n) is 6.64. The highest BCUT2D eigenvalue weighted by Gasteiger charge is 2.36. The normalized spacial score (nSPS) is 15.9. The van der Waals surface area contributed by atoms with Crippen LogP contribution in [0.15, 0.2) is 48.5 Å². The monoisotopic (exact) mass is 495 g/mol. The molecule has 3 aromatic rings. The summed E-state index contributed by atoms with van der Waals surface area (Å²) in [6.07, 6.45) is -5.30. The lowest BCUT2D eigenvalue weighted by Crippen LogP contribution is -2.24. The van der Waals surface area contributed by atoms with Crippen molar-refractivity contribution in [2.24, 2.45) is 11.7 Å². The largest absolute Gasteiger partial charge is 0.416 e. The van der Waals surface area contributed by atoms with Crippen molar-refractivity contribution in [2.75, 3.05) is 6.54 Å². The summed E-state index contributed by atoms with van der Waals surface area (Å²) in [4.78, 5) is 4.86. The molecule has 0 radical (unpaired) electrons. The molecule has 4 rings (SSSR count). The zero-order valence-electron chi connectivity index (χ0n) is 19.0. The van der Waals surface area contributed by atoms with E-state index in [0.717, 1.165) is 53.6 Å². The summed E-state index contributed by atoms with van der Waals surface area (Å²) in [6.45, 7) is 0.499. The van der Waals surface area contributed by atoms with E-state index in [1.54, 1.807) is 0 Å². The molecule has 0 bridgehead atoms. The van der Waals surface area contributed by atoms with Gasteiger partial charge in [0.15, 0.2) is 0 Å². The van der Waals surface area contributed by atoms with Crippen molar-refractivity contribution in [3.63, 3.8) is 0 Å². The molecule has 3 N–H and O–H groups in total. The molecule has 3 nitrogen and oxygen atoms in total. The Kier molecular flexibility index (Phi) is 7.38. The van der Waals surface area contributed by atoms with Crippen LogP contribution < -0.4 is 11.1 Å². The van der Waals surface area contributed by atoms with Crippen LogP contribution in [0, 0.1) is 5.92 Å². The molecule has 1 aliphatic carbocycles. The summed E-state index contributed by atoms with van der Waals surface area (Å²) in [5.74, 6) is 0.635. The van der Waals surface area contributed by atoms with Crippen molar-refractivity contribution in [3.8, 4) is 0 Å². The van der Waals surface area contributed by atoms with Crippen LogP contribution in [0.4, 0.5) is 26.3 Å². The van der Waals surface area contributed by atoms with Gasteiger partial charge in [0.1, 0.15) is 0 Å². The topological polar surface area (TPSA) is 50.9 Å². The number of nitrogens with zero attached hydrogens (tertiary/aromatic N) is 1. The van der Waals surface area contributed by atoms with Gasteiger partial charge in [0.05, 0.1) is 16.6 Å². The first-order chi connectivity index (χ1) is 16.5. The van der Waals surface area contributed by atoms with Gasteiger partial charge in [-0.15, -0.1) is 0 Å². The van der Waals surface area contributed by atoms with Gasteiger partial charge in [-0.3, -0.25) is 4.98 Å². The summed E-state index contributed by atoms with van der Waals surface area (Å²) >= 11 is 0. The van der Waals surface area contributed by atoms with Gasteiger partial charge in [0, 0.05) is 36.6 Å². The van der Waals surface area contributed by atoms with E-state index in [0.29, 0.717) is 12.5 Å². The molecule has 1 fully saturated rings. The van der Waals surface area contributed by atoms with Crippen LogP contribution >= 0.6 is 0 Å². The maximum Gasteiger partial charge on any atom is 0.416 e. The number of benzene rings is 2. The highest BCUT2D eigenvalue weighted by atomic mass is 19.4. The Labute approximate surface area is 199 Å². The van der Waals surface area contributed by atoms with Gasteiger partial charge in [-0.05, 0) is 53.8 Å². The number of alkyl halides is 6. The number of halogens is 6. The second-order valence-corrected chi connectivity index (χ2v) is 9.21. The average Bonchev–Trinajstić information content (AvgIpc) is 2.77. The van der Waals surface area contributed by atoms with Crippen molar-refractivity contribution in [1.29, 1.82) is 0 Å². The molecule has 2 aromatic carbocycles. The molecule has 0 aliphatic heterocycles. The predicted octanol–water partition coefficient (Wildman–Crippen LogP) is 6.79. The first-order valence-electron chi connectivity index (χ1n) is 11.6. The molecule has 35 heavy (non-hydrogen) atoms. The minimum atomic E-state index is -4.87. The molecule has 188 valence electrons. The molecule has 9 heteroatoms. The average molecular weight is 496 g/mol. The van der Waals surface area contributed by atoms with Gasteiger partial charge in [-0.25, -0.2) is 0 Å². The van der Waals surface area contributed by atoms with Crippen LogP contribution in [0.25, 0.3) is 10.9 Å². The van der Waals surface area contributed by atoms with Gasteiger partial charge in [0.2, 0.25) is 0 Å². The number of pyridine rings is 1. The van der Waals surface area contributed by atoms with Crippen LogP contribution in [0.2, 0.25) is 0 Å². The molecular formula is C26H27F6N3. The van der Waals surface area contributed by atoms with Crippen LogP contribution in [0.3, 0.4) is 0 Å². The lowest BCUT2D eigenvalue weighted by atomic mass is 9.77. The highest BCUT2D eigenvalue weighted by Crippen LogP contribution is 2.37. The third-order valence-corrected chi connectivity index (χ3v) is 6.64. The van der Waals surface area contributed by atoms with Gasteiger partial charge in [-0.1, -0.05) is 37.5 Å². The van der Waals surface area contributed by atoms with Gasteiger partial charge >= 0.3 is 12.4 Å². The zero-order chi connectivity index (χ0) is 25.2. The van der Waals surface area contributed by atoms with Crippen LogP contribution in [-0.4, -0.2) is 11.5 Å².